The summed E-state index contributed by atoms with van der Waals surface area (Å²) in [5, 5.41) is 11.2. The Labute approximate surface area is 137 Å². The summed E-state index contributed by atoms with van der Waals surface area (Å²) in [5.74, 6) is -0.557. The van der Waals surface area contributed by atoms with Gasteiger partial charge in [0.15, 0.2) is 5.79 Å². The van der Waals surface area contributed by atoms with Crippen LogP contribution in [0, 0.1) is 0 Å². The van der Waals surface area contributed by atoms with E-state index in [-0.39, 0.29) is 24.4 Å². The minimum absolute atomic E-state index is 0.0786. The predicted octanol–water partition coefficient (Wildman–Crippen LogP) is 2.02. The van der Waals surface area contributed by atoms with Crippen LogP contribution < -0.4 is 4.90 Å². The Balaban J connectivity index is 1.58. The van der Waals surface area contributed by atoms with Gasteiger partial charge in [-0.1, -0.05) is 12.1 Å². The number of hydrogen-bond acceptors (Lipinski definition) is 5. The first-order valence-electron chi connectivity index (χ1n) is 8.29. The maximum absolute atomic E-state index is 11.2. The summed E-state index contributed by atoms with van der Waals surface area (Å²) >= 11 is 0. The van der Waals surface area contributed by atoms with Gasteiger partial charge in [-0.05, 0) is 31.5 Å². The number of nitrogens with zero attached hydrogens (tertiary/aromatic N) is 1. The molecule has 0 aromatic heterocycles. The van der Waals surface area contributed by atoms with Crippen molar-refractivity contribution >= 4 is 5.69 Å². The zero-order chi connectivity index (χ0) is 16.4. The van der Waals surface area contributed by atoms with Crippen molar-refractivity contribution in [2.24, 2.45) is 0 Å². The zero-order valence-corrected chi connectivity index (χ0v) is 14.2. The second kappa shape index (κ2) is 4.93. The van der Waals surface area contributed by atoms with E-state index in [1.807, 2.05) is 52.2 Å². The van der Waals surface area contributed by atoms with Crippen molar-refractivity contribution in [1.82, 2.24) is 0 Å². The van der Waals surface area contributed by atoms with Crippen molar-refractivity contribution < 1.29 is 19.3 Å². The lowest BCUT2D eigenvalue weighted by Gasteiger charge is -2.38. The molecule has 0 saturated carbocycles. The molecule has 1 unspecified atom stereocenters. The van der Waals surface area contributed by atoms with Crippen LogP contribution in [0.1, 0.15) is 32.3 Å². The maximum Gasteiger partial charge on any atom is 0.164 e. The molecular weight excluding hydrogens is 294 g/mol. The topological polar surface area (TPSA) is 51.2 Å². The van der Waals surface area contributed by atoms with Crippen LogP contribution in [0.3, 0.4) is 0 Å². The van der Waals surface area contributed by atoms with Crippen LogP contribution in [-0.4, -0.2) is 49.4 Å². The van der Waals surface area contributed by atoms with Gasteiger partial charge in [-0.15, -0.1) is 0 Å². The minimum atomic E-state index is -0.875. The fourth-order valence-electron chi connectivity index (χ4n) is 4.15. The molecule has 4 rings (SSSR count). The number of ether oxygens (including phenoxy) is 3. The van der Waals surface area contributed by atoms with Gasteiger partial charge in [0.05, 0.1) is 17.8 Å². The molecule has 5 atom stereocenters. The van der Waals surface area contributed by atoms with Crippen molar-refractivity contribution in [3.05, 3.63) is 29.8 Å². The SMILES string of the molecule is CN(C)c1ccc(C2(O)C[C@@H]3O[C@H](C2)[C@H]2OC(C)(C)O[C@H]23)cc1. The predicted molar refractivity (Wildman–Crippen MR) is 86.4 cm³/mol. The van der Waals surface area contributed by atoms with Gasteiger partial charge in [-0.2, -0.15) is 0 Å². The summed E-state index contributed by atoms with van der Waals surface area (Å²) in [6.45, 7) is 3.88. The number of hydrogen-bond donors (Lipinski definition) is 1. The number of benzene rings is 1. The molecule has 3 aliphatic heterocycles. The highest BCUT2D eigenvalue weighted by Crippen LogP contribution is 2.50. The fourth-order valence-corrected chi connectivity index (χ4v) is 4.15. The first-order chi connectivity index (χ1) is 10.8. The van der Waals surface area contributed by atoms with Crippen LogP contribution >= 0.6 is 0 Å². The smallest absolute Gasteiger partial charge is 0.164 e. The van der Waals surface area contributed by atoms with E-state index in [0.29, 0.717) is 12.8 Å². The normalized spacial score (nSPS) is 40.9. The summed E-state index contributed by atoms with van der Waals surface area (Å²) in [6, 6.07) is 8.12. The molecule has 1 N–H and O–H groups in total. The van der Waals surface area contributed by atoms with E-state index in [4.69, 9.17) is 14.2 Å². The Hall–Kier alpha value is -1.14. The van der Waals surface area contributed by atoms with Gasteiger partial charge in [0.25, 0.3) is 0 Å². The molecule has 1 aromatic carbocycles. The fraction of sp³-hybridized carbons (Fsp3) is 0.667. The second-order valence-electron chi connectivity index (χ2n) is 7.66. The molecule has 0 spiro atoms. The van der Waals surface area contributed by atoms with Crippen LogP contribution in [0.2, 0.25) is 0 Å². The molecule has 5 nitrogen and oxygen atoms in total. The van der Waals surface area contributed by atoms with Gasteiger partial charge < -0.3 is 24.2 Å². The second-order valence-corrected chi connectivity index (χ2v) is 7.66. The third kappa shape index (κ3) is 2.47. The molecule has 23 heavy (non-hydrogen) atoms. The summed E-state index contributed by atoms with van der Waals surface area (Å²) in [7, 11) is 4.02. The zero-order valence-electron chi connectivity index (χ0n) is 14.2. The molecule has 3 saturated heterocycles. The molecule has 3 heterocycles. The van der Waals surface area contributed by atoms with Crippen LogP contribution in [0.4, 0.5) is 5.69 Å². The third-order valence-electron chi connectivity index (χ3n) is 5.24. The van der Waals surface area contributed by atoms with Crippen LogP contribution in [0.25, 0.3) is 0 Å². The molecule has 5 heteroatoms. The third-order valence-corrected chi connectivity index (χ3v) is 5.24. The number of anilines is 1. The number of aliphatic hydroxyl groups is 1. The average Bonchev–Trinajstić information content (AvgIpc) is 2.93. The lowest BCUT2D eigenvalue weighted by Crippen LogP contribution is -2.42. The molecule has 126 valence electrons. The number of rotatable bonds is 2. The van der Waals surface area contributed by atoms with Gasteiger partial charge in [0.1, 0.15) is 12.2 Å². The highest BCUT2D eigenvalue weighted by molar-refractivity contribution is 5.47. The molecule has 0 amide bonds. The largest absolute Gasteiger partial charge is 0.385 e. The van der Waals surface area contributed by atoms with Crippen molar-refractivity contribution in [3.63, 3.8) is 0 Å². The van der Waals surface area contributed by atoms with E-state index in [1.165, 1.54) is 0 Å². The van der Waals surface area contributed by atoms with E-state index in [0.717, 1.165) is 11.3 Å². The van der Waals surface area contributed by atoms with Gasteiger partial charge >= 0.3 is 0 Å². The summed E-state index contributed by atoms with van der Waals surface area (Å²) < 4.78 is 18.0. The lowest BCUT2D eigenvalue weighted by molar-refractivity contribution is -0.215. The summed E-state index contributed by atoms with van der Waals surface area (Å²) in [4.78, 5) is 2.05. The number of fused-ring (bicyclic) bond motifs is 5. The molecular formula is C18H25NO4. The molecule has 3 aliphatic rings. The van der Waals surface area contributed by atoms with Gasteiger partial charge in [-0.25, -0.2) is 0 Å². The van der Waals surface area contributed by atoms with Crippen molar-refractivity contribution in [2.75, 3.05) is 19.0 Å². The van der Waals surface area contributed by atoms with Gasteiger partial charge in [0.2, 0.25) is 0 Å². The quantitative estimate of drug-likeness (QED) is 0.904. The van der Waals surface area contributed by atoms with Crippen LogP contribution in [0.15, 0.2) is 24.3 Å². The van der Waals surface area contributed by atoms with Crippen LogP contribution in [-0.2, 0) is 19.8 Å². The Bertz CT molecular complexity index is 576. The van der Waals surface area contributed by atoms with Gasteiger partial charge in [-0.3, -0.25) is 0 Å². The summed E-state index contributed by atoms with van der Waals surface area (Å²) in [6.07, 6.45) is 0.713. The van der Waals surface area contributed by atoms with E-state index < -0.39 is 11.4 Å². The Morgan fingerprint density at radius 1 is 1.00 bits per heavy atom. The maximum atomic E-state index is 11.2. The van der Waals surface area contributed by atoms with E-state index in [9.17, 15) is 5.11 Å². The Morgan fingerprint density at radius 3 is 2.00 bits per heavy atom. The van der Waals surface area contributed by atoms with Crippen LogP contribution in [0.5, 0.6) is 0 Å². The molecule has 1 aromatic rings. The lowest BCUT2D eigenvalue weighted by atomic mass is 9.83. The van der Waals surface area contributed by atoms with Crippen molar-refractivity contribution in [2.45, 2.75) is 62.5 Å². The highest BCUT2D eigenvalue weighted by Gasteiger charge is 2.61. The average molecular weight is 319 g/mol. The molecule has 3 fully saturated rings. The monoisotopic (exact) mass is 319 g/mol. The first-order valence-corrected chi connectivity index (χ1v) is 8.29. The minimum Gasteiger partial charge on any atom is -0.385 e. The van der Waals surface area contributed by atoms with E-state index in [1.54, 1.807) is 0 Å². The Morgan fingerprint density at radius 2 is 1.52 bits per heavy atom. The van der Waals surface area contributed by atoms with Gasteiger partial charge in [0, 0.05) is 32.6 Å². The van der Waals surface area contributed by atoms with E-state index in [2.05, 4.69) is 4.90 Å². The standard InChI is InChI=1S/C18H25NO4/c1-17(2)22-15-13-9-18(20,10-14(21-13)16(15)23-17)11-5-7-12(8-6-11)19(3)4/h5-8,13-16,20H,9-10H2,1-4H3/t13-,14+,15-,16+,18?. The molecule has 2 bridgehead atoms. The Kier molecular flexibility index (Phi) is 3.30. The molecule has 0 aliphatic carbocycles. The van der Waals surface area contributed by atoms with E-state index >= 15 is 0 Å². The highest BCUT2D eigenvalue weighted by atomic mass is 16.8. The van der Waals surface area contributed by atoms with Crippen molar-refractivity contribution in [1.29, 1.82) is 0 Å². The summed E-state index contributed by atoms with van der Waals surface area (Å²) in [5.41, 5.74) is 1.19. The molecule has 0 radical (unpaired) electrons. The van der Waals surface area contributed by atoms with Crippen molar-refractivity contribution in [3.8, 4) is 0 Å². The first kappa shape index (κ1) is 15.4.